The molecule has 0 unspecified atom stereocenters. The predicted octanol–water partition coefficient (Wildman–Crippen LogP) is 4.43. The van der Waals surface area contributed by atoms with Crippen molar-refractivity contribution in [3.8, 4) is 0 Å². The summed E-state index contributed by atoms with van der Waals surface area (Å²) in [6.45, 7) is 8.53. The monoisotopic (exact) mass is 522 g/mol. The average Bonchev–Trinajstić information content (AvgIpc) is 3.59. The van der Waals surface area contributed by atoms with E-state index in [0.717, 1.165) is 15.9 Å². The maximum absolute atomic E-state index is 7.53. The molecule has 196 valence electrons. The van der Waals surface area contributed by atoms with Crippen LogP contribution in [0.2, 0.25) is 0 Å². The first-order valence-corrected chi connectivity index (χ1v) is 15.0. The fraction of sp³-hybridized carbons (Fsp3) is 0.400. The zero-order chi connectivity index (χ0) is 25.8. The van der Waals surface area contributed by atoms with E-state index in [4.69, 9.17) is 28.0 Å². The van der Waals surface area contributed by atoms with Crippen LogP contribution >= 0.6 is 7.06 Å². The van der Waals surface area contributed by atoms with E-state index in [2.05, 4.69) is 36.4 Å². The topological polar surface area (TPSA) is 55.4 Å². The molecule has 0 bridgehead atoms. The molecule has 0 saturated carbocycles. The first kappa shape index (κ1) is 25.1. The van der Waals surface area contributed by atoms with E-state index < -0.39 is 30.8 Å². The van der Waals surface area contributed by atoms with Gasteiger partial charge < -0.3 is 0 Å². The van der Waals surface area contributed by atoms with Crippen LogP contribution in [0.4, 0.5) is 0 Å². The summed E-state index contributed by atoms with van der Waals surface area (Å²) in [7, 11) is -3.96. The second kappa shape index (κ2) is 8.96. The summed E-state index contributed by atoms with van der Waals surface area (Å²) in [5.41, 5.74) is 0. The van der Waals surface area contributed by atoms with Crippen molar-refractivity contribution >= 4 is 23.0 Å². The van der Waals surface area contributed by atoms with E-state index in [-0.39, 0.29) is 12.2 Å². The normalized spacial score (nSPS) is 32.5. The van der Waals surface area contributed by atoms with Gasteiger partial charge in [-0.2, -0.15) is 0 Å². The summed E-state index contributed by atoms with van der Waals surface area (Å²) >= 11 is 0. The number of rotatable bonds is 5. The Morgan fingerprint density at radius 1 is 0.541 bits per heavy atom. The summed E-state index contributed by atoms with van der Waals surface area (Å²) in [5, 5.41) is 2.99. The fourth-order valence-electron chi connectivity index (χ4n) is 5.83. The van der Waals surface area contributed by atoms with Crippen LogP contribution in [-0.4, -0.2) is 49.2 Å². The van der Waals surface area contributed by atoms with Crippen LogP contribution in [0.1, 0.15) is 27.7 Å². The third-order valence-electron chi connectivity index (χ3n) is 7.44. The van der Waals surface area contributed by atoms with E-state index in [1.54, 1.807) is 0 Å². The second-order valence-electron chi connectivity index (χ2n) is 10.8. The molecule has 0 aliphatic carbocycles. The van der Waals surface area contributed by atoms with Gasteiger partial charge in [-0.15, -0.1) is 0 Å². The van der Waals surface area contributed by atoms with Gasteiger partial charge in [0, 0.05) is 0 Å². The van der Waals surface area contributed by atoms with Crippen LogP contribution in [-0.2, 0) is 28.0 Å². The van der Waals surface area contributed by atoms with Gasteiger partial charge in [0.1, 0.15) is 0 Å². The number of ether oxygens (including phenoxy) is 4. The molecule has 6 rings (SSSR count). The number of hydrogen-bond donors (Lipinski definition) is 0. The van der Waals surface area contributed by atoms with Gasteiger partial charge in [0.25, 0.3) is 0 Å². The van der Waals surface area contributed by atoms with Crippen LogP contribution in [0.3, 0.4) is 0 Å². The molecule has 3 fully saturated rings. The van der Waals surface area contributed by atoms with Crippen molar-refractivity contribution < 1.29 is 28.0 Å². The van der Waals surface area contributed by atoms with Gasteiger partial charge in [0.15, 0.2) is 0 Å². The fourth-order valence-corrected chi connectivity index (χ4v) is 11.1. The van der Waals surface area contributed by atoms with Gasteiger partial charge in [0.05, 0.1) is 0 Å². The summed E-state index contributed by atoms with van der Waals surface area (Å²) < 4.78 is 39.9. The molecule has 0 aromatic heterocycles. The Labute approximate surface area is 218 Å². The van der Waals surface area contributed by atoms with Crippen molar-refractivity contribution in [3.63, 3.8) is 0 Å². The Bertz CT molecular complexity index is 1100. The zero-order valence-electron chi connectivity index (χ0n) is 21.8. The Morgan fingerprint density at radius 2 is 0.865 bits per heavy atom. The van der Waals surface area contributed by atoms with E-state index in [9.17, 15) is 0 Å². The molecular formula is C30H35O6P. The van der Waals surface area contributed by atoms with Crippen molar-refractivity contribution in [2.75, 3.05) is 13.2 Å². The van der Waals surface area contributed by atoms with Crippen molar-refractivity contribution in [2.24, 2.45) is 0 Å². The third kappa shape index (κ3) is 4.07. The van der Waals surface area contributed by atoms with Crippen molar-refractivity contribution in [1.29, 1.82) is 0 Å². The van der Waals surface area contributed by atoms with E-state index in [1.807, 2.05) is 82.3 Å². The minimum absolute atomic E-state index is 0.340. The van der Waals surface area contributed by atoms with Crippen LogP contribution in [0, 0.1) is 0 Å². The average molecular weight is 523 g/mol. The molecule has 3 saturated heterocycles. The maximum atomic E-state index is 7.53. The van der Waals surface area contributed by atoms with Crippen molar-refractivity contribution in [2.45, 2.75) is 63.7 Å². The van der Waals surface area contributed by atoms with E-state index in [0.29, 0.717) is 13.2 Å². The molecule has 3 aliphatic heterocycles. The van der Waals surface area contributed by atoms with Crippen molar-refractivity contribution in [3.05, 3.63) is 91.0 Å². The van der Waals surface area contributed by atoms with Gasteiger partial charge in [-0.05, 0) is 0 Å². The van der Waals surface area contributed by atoms with E-state index in [1.165, 1.54) is 0 Å². The molecule has 3 heterocycles. The van der Waals surface area contributed by atoms with Crippen LogP contribution < -0.4 is 15.9 Å². The van der Waals surface area contributed by atoms with Crippen LogP contribution in [0.25, 0.3) is 0 Å². The molecule has 4 atom stereocenters. The minimum atomic E-state index is -3.96. The van der Waals surface area contributed by atoms with Gasteiger partial charge in [-0.25, -0.2) is 0 Å². The first-order chi connectivity index (χ1) is 17.7. The van der Waals surface area contributed by atoms with Crippen LogP contribution in [0.15, 0.2) is 91.0 Å². The van der Waals surface area contributed by atoms with E-state index >= 15 is 0 Å². The summed E-state index contributed by atoms with van der Waals surface area (Å²) in [6.07, 6.45) is -1.59. The van der Waals surface area contributed by atoms with Gasteiger partial charge >= 0.3 is 219 Å². The molecule has 0 radical (unpaired) electrons. The number of benzene rings is 3. The summed E-state index contributed by atoms with van der Waals surface area (Å²) in [5.74, 6) is -1.42. The molecule has 3 aromatic carbocycles. The molecular weight excluding hydrogens is 487 g/mol. The number of hydrogen-bond acceptors (Lipinski definition) is 6. The molecule has 6 nitrogen and oxygen atoms in total. The van der Waals surface area contributed by atoms with Gasteiger partial charge in [0.2, 0.25) is 0 Å². The predicted molar refractivity (Wildman–Crippen MR) is 145 cm³/mol. The standard InChI is InChI=1S/C30H35O6P/c1-29(2)31-20-25(33-29)27-28(26-21-32-30(3,4)34-26)36-37(35-27,22-14-8-5-9-15-22,23-16-10-6-11-17-23)24-18-12-7-13-19-24/h5-19,25-28H,20-21H2,1-4H3/t25-,26-,27-,28-/m1/s1. The zero-order valence-corrected chi connectivity index (χ0v) is 22.7. The third-order valence-corrected chi connectivity index (χ3v) is 12.4. The summed E-state index contributed by atoms with van der Waals surface area (Å²) in [4.78, 5) is 0. The Balaban J connectivity index is 1.61. The Morgan fingerprint density at radius 3 is 1.14 bits per heavy atom. The SMILES string of the molecule is CC1(C)OC[C@H]([C@H]2OP(c3ccccc3)(c3ccccc3)(c3ccccc3)O[C@@H]2[C@H]2COC(C)(C)O2)O1. The Kier molecular flexibility index (Phi) is 6.09. The molecule has 0 spiro atoms. The quantitative estimate of drug-likeness (QED) is 0.462. The molecule has 7 heteroatoms. The molecule has 3 aromatic rings. The molecule has 0 N–H and O–H groups in total. The molecule has 37 heavy (non-hydrogen) atoms. The summed E-state index contributed by atoms with van der Waals surface area (Å²) in [6, 6.07) is 31.0. The van der Waals surface area contributed by atoms with Gasteiger partial charge in [-0.3, -0.25) is 0 Å². The van der Waals surface area contributed by atoms with Crippen LogP contribution in [0.5, 0.6) is 0 Å². The Hall–Kier alpha value is -2.15. The van der Waals surface area contributed by atoms with Gasteiger partial charge in [-0.1, -0.05) is 0 Å². The van der Waals surface area contributed by atoms with Crippen molar-refractivity contribution in [1.82, 2.24) is 0 Å². The first-order valence-electron chi connectivity index (χ1n) is 12.9. The molecule has 3 aliphatic rings. The second-order valence-corrected chi connectivity index (χ2v) is 14.7. The molecule has 0 amide bonds.